The largest absolute Gasteiger partial charge is 0.462 e. The third kappa shape index (κ3) is 6.56. The maximum Gasteiger partial charge on any atom is 0.298 e. The van der Waals surface area contributed by atoms with E-state index < -0.39 is 5.92 Å². The Kier molecular flexibility index (Phi) is 8.40. The summed E-state index contributed by atoms with van der Waals surface area (Å²) in [5.74, 6) is 5.13. The number of ketones is 1. The van der Waals surface area contributed by atoms with Crippen LogP contribution in [0.15, 0.2) is 76.4 Å². The predicted octanol–water partition coefficient (Wildman–Crippen LogP) is 5.69. The fraction of sp³-hybridized carbons (Fsp3) is 0.265. The van der Waals surface area contributed by atoms with Crippen LogP contribution in [0.5, 0.6) is 0 Å². The SMILES string of the molecule is CN(C)C(=O)C#CC1=Cc2ccc(Nc3ccc(NC4CCNCC4)cc3)cc2C(Cc2ccoc2-c2nccs2)C1=O. The molecule has 1 amide bonds. The molecule has 6 rings (SSSR count). The summed E-state index contributed by atoms with van der Waals surface area (Å²) in [6.07, 6.45) is 7.80. The molecule has 218 valence electrons. The summed E-state index contributed by atoms with van der Waals surface area (Å²) in [6.45, 7) is 2.09. The van der Waals surface area contributed by atoms with Gasteiger partial charge in [0.25, 0.3) is 5.91 Å². The van der Waals surface area contributed by atoms with Crippen molar-refractivity contribution in [3.8, 4) is 22.6 Å². The number of nitrogens with one attached hydrogen (secondary N) is 3. The average Bonchev–Trinajstić information content (AvgIpc) is 3.72. The first-order valence-corrected chi connectivity index (χ1v) is 15.3. The number of thiazole rings is 1. The Morgan fingerprint density at radius 3 is 2.60 bits per heavy atom. The summed E-state index contributed by atoms with van der Waals surface area (Å²) >= 11 is 1.49. The van der Waals surface area contributed by atoms with Crippen molar-refractivity contribution < 1.29 is 14.0 Å². The van der Waals surface area contributed by atoms with Crippen LogP contribution in [-0.2, 0) is 16.0 Å². The second kappa shape index (κ2) is 12.7. The maximum absolute atomic E-state index is 13.9. The van der Waals surface area contributed by atoms with Crippen molar-refractivity contribution in [2.75, 3.05) is 37.8 Å². The lowest BCUT2D eigenvalue weighted by Crippen LogP contribution is -2.35. The van der Waals surface area contributed by atoms with Crippen LogP contribution < -0.4 is 16.0 Å². The molecule has 0 radical (unpaired) electrons. The number of fused-ring (bicyclic) bond motifs is 1. The van der Waals surface area contributed by atoms with Gasteiger partial charge in [0.05, 0.1) is 17.8 Å². The molecule has 2 aromatic heterocycles. The first-order chi connectivity index (χ1) is 20.9. The summed E-state index contributed by atoms with van der Waals surface area (Å²) in [7, 11) is 3.27. The zero-order valence-corrected chi connectivity index (χ0v) is 25.0. The molecule has 1 saturated heterocycles. The Labute approximate surface area is 255 Å². The van der Waals surface area contributed by atoms with E-state index in [1.165, 1.54) is 16.2 Å². The van der Waals surface area contributed by atoms with Crippen LogP contribution in [0, 0.1) is 11.8 Å². The summed E-state index contributed by atoms with van der Waals surface area (Å²) in [6, 6.07) is 16.7. The summed E-state index contributed by atoms with van der Waals surface area (Å²) in [5.41, 5.74) is 5.97. The molecule has 1 aliphatic heterocycles. The highest BCUT2D eigenvalue weighted by molar-refractivity contribution is 7.13. The number of benzene rings is 2. The number of hydrogen-bond acceptors (Lipinski definition) is 8. The van der Waals surface area contributed by atoms with Gasteiger partial charge in [-0.15, -0.1) is 11.3 Å². The number of carbonyl (C=O) groups is 2. The average molecular weight is 592 g/mol. The van der Waals surface area contributed by atoms with E-state index in [1.54, 1.807) is 32.6 Å². The number of allylic oxidation sites excluding steroid dienone is 1. The molecule has 1 unspecified atom stereocenters. The van der Waals surface area contributed by atoms with E-state index in [9.17, 15) is 9.59 Å². The van der Waals surface area contributed by atoms with Gasteiger partial charge in [-0.3, -0.25) is 9.59 Å². The van der Waals surface area contributed by atoms with Gasteiger partial charge in [-0.25, -0.2) is 4.98 Å². The van der Waals surface area contributed by atoms with Crippen LogP contribution >= 0.6 is 11.3 Å². The number of amides is 1. The van der Waals surface area contributed by atoms with Crippen molar-refractivity contribution in [2.45, 2.75) is 31.2 Å². The van der Waals surface area contributed by atoms with Gasteiger partial charge in [0.2, 0.25) is 0 Å². The van der Waals surface area contributed by atoms with E-state index >= 15 is 0 Å². The van der Waals surface area contributed by atoms with Gasteiger partial charge in [0.15, 0.2) is 16.6 Å². The van der Waals surface area contributed by atoms with Crippen LogP contribution in [0.2, 0.25) is 0 Å². The minimum absolute atomic E-state index is 0.122. The first-order valence-electron chi connectivity index (χ1n) is 14.4. The third-order valence-corrected chi connectivity index (χ3v) is 8.51. The highest BCUT2D eigenvalue weighted by atomic mass is 32.1. The van der Waals surface area contributed by atoms with Gasteiger partial charge in [-0.1, -0.05) is 12.0 Å². The van der Waals surface area contributed by atoms with Crippen LogP contribution in [-0.4, -0.2) is 54.8 Å². The minimum atomic E-state index is -0.506. The van der Waals surface area contributed by atoms with Crippen molar-refractivity contribution in [1.29, 1.82) is 0 Å². The second-order valence-electron chi connectivity index (χ2n) is 11.0. The zero-order valence-electron chi connectivity index (χ0n) is 24.1. The van der Waals surface area contributed by atoms with E-state index in [2.05, 4.69) is 57.0 Å². The minimum Gasteiger partial charge on any atom is -0.462 e. The highest BCUT2D eigenvalue weighted by Gasteiger charge is 2.31. The summed E-state index contributed by atoms with van der Waals surface area (Å²) in [5, 5.41) is 13.2. The Hall–Kier alpha value is -4.65. The maximum atomic E-state index is 13.9. The van der Waals surface area contributed by atoms with Crippen molar-refractivity contribution in [2.24, 2.45) is 0 Å². The Balaban J connectivity index is 1.28. The van der Waals surface area contributed by atoms with Gasteiger partial charge >= 0.3 is 0 Å². The standard InChI is InChI=1S/C34H33N5O3S/c1-39(2)31(40)10-4-23-19-22-3-5-28(38-26-8-6-25(7-9-26)37-27-11-14-35-15-12-27)21-29(22)30(32(23)41)20-24-13-17-42-33(24)34-36-16-18-43-34/h3,5-9,13,16-19,21,27,30,35,37-38H,11-12,14-15,20H2,1-2H3. The van der Waals surface area contributed by atoms with Gasteiger partial charge < -0.3 is 25.3 Å². The van der Waals surface area contributed by atoms with Crippen LogP contribution in [0.25, 0.3) is 16.8 Å². The Morgan fingerprint density at radius 1 is 1.09 bits per heavy atom. The van der Waals surface area contributed by atoms with Gasteiger partial charge in [0.1, 0.15) is 0 Å². The lowest BCUT2D eigenvalue weighted by Gasteiger charge is -2.25. The molecule has 0 bridgehead atoms. The molecule has 3 N–H and O–H groups in total. The van der Waals surface area contributed by atoms with E-state index in [4.69, 9.17) is 4.42 Å². The Bertz CT molecular complexity index is 1700. The topological polar surface area (TPSA) is 99.5 Å². The quantitative estimate of drug-likeness (QED) is 0.237. The zero-order chi connectivity index (χ0) is 29.8. The summed E-state index contributed by atoms with van der Waals surface area (Å²) < 4.78 is 5.79. The molecular formula is C34H33N5O3S. The number of anilines is 3. The number of aromatic nitrogens is 1. The monoisotopic (exact) mass is 591 g/mol. The van der Waals surface area contributed by atoms with Crippen LogP contribution in [0.3, 0.4) is 0 Å². The molecule has 1 aliphatic carbocycles. The van der Waals surface area contributed by atoms with Crippen LogP contribution in [0.4, 0.5) is 17.1 Å². The molecule has 8 nitrogen and oxygen atoms in total. The normalized spacial score (nSPS) is 16.5. The molecule has 2 aliphatic rings. The lowest BCUT2D eigenvalue weighted by molar-refractivity contribution is -0.122. The number of piperidine rings is 1. The Morgan fingerprint density at radius 2 is 1.86 bits per heavy atom. The van der Waals surface area contributed by atoms with Gasteiger partial charge in [-0.05, 0) is 92.0 Å². The van der Waals surface area contributed by atoms with Gasteiger partial charge in [-0.2, -0.15) is 0 Å². The third-order valence-electron chi connectivity index (χ3n) is 7.74. The first kappa shape index (κ1) is 28.5. The van der Waals surface area contributed by atoms with E-state index in [0.717, 1.165) is 64.7 Å². The molecule has 43 heavy (non-hydrogen) atoms. The molecule has 2 aromatic carbocycles. The van der Waals surface area contributed by atoms with Gasteiger partial charge in [0, 0.05) is 60.3 Å². The molecule has 9 heteroatoms. The van der Waals surface area contributed by atoms with Crippen LogP contribution in [0.1, 0.15) is 35.4 Å². The number of furan rings is 1. The second-order valence-corrected chi connectivity index (χ2v) is 11.8. The van der Waals surface area contributed by atoms with E-state index in [1.807, 2.05) is 29.6 Å². The van der Waals surface area contributed by atoms with Crippen molar-refractivity contribution >= 4 is 46.2 Å². The molecule has 1 atom stereocenters. The lowest BCUT2D eigenvalue weighted by atomic mass is 9.78. The fourth-order valence-electron chi connectivity index (χ4n) is 5.43. The van der Waals surface area contributed by atoms with Crippen molar-refractivity contribution in [3.05, 3.63) is 88.6 Å². The summed E-state index contributed by atoms with van der Waals surface area (Å²) in [4.78, 5) is 31.9. The molecule has 0 saturated carbocycles. The van der Waals surface area contributed by atoms with Crippen molar-refractivity contribution in [3.63, 3.8) is 0 Å². The molecular weight excluding hydrogens is 558 g/mol. The molecule has 0 spiro atoms. The number of nitrogens with zero attached hydrogens (tertiary/aromatic N) is 2. The number of Topliss-reactive ketones (excluding diaryl/α,β-unsaturated/α-hetero) is 1. The number of carbonyl (C=O) groups excluding carboxylic acids is 2. The van der Waals surface area contributed by atoms with E-state index in [0.29, 0.717) is 23.8 Å². The molecule has 1 fully saturated rings. The predicted molar refractivity (Wildman–Crippen MR) is 171 cm³/mol. The molecule has 4 aromatic rings. The number of rotatable bonds is 7. The smallest absolute Gasteiger partial charge is 0.298 e. The van der Waals surface area contributed by atoms with Crippen molar-refractivity contribution in [1.82, 2.24) is 15.2 Å². The number of hydrogen-bond donors (Lipinski definition) is 3. The highest BCUT2D eigenvalue weighted by Crippen LogP contribution is 2.38. The molecule has 3 heterocycles. The van der Waals surface area contributed by atoms with E-state index in [-0.39, 0.29) is 11.7 Å². The fourth-order valence-corrected chi connectivity index (χ4v) is 6.09.